The molecular weight excluding hydrogens is 400 g/mol. The highest BCUT2D eigenvalue weighted by atomic mass is 32.2. The van der Waals surface area contributed by atoms with E-state index in [-0.39, 0.29) is 24.1 Å². The van der Waals surface area contributed by atoms with Crippen LogP contribution in [0.15, 0.2) is 53.7 Å². The van der Waals surface area contributed by atoms with Crippen LogP contribution in [-0.2, 0) is 16.1 Å². The number of carbonyl (C=O) groups is 2. The number of hydrogen-bond donors (Lipinski definition) is 1. The Morgan fingerprint density at radius 3 is 2.47 bits per heavy atom. The second kappa shape index (κ2) is 10.2. The maximum atomic E-state index is 12.7. The van der Waals surface area contributed by atoms with Crippen LogP contribution in [0.1, 0.15) is 13.8 Å². The number of nitrogens with one attached hydrogen (secondary N) is 1. The topological polar surface area (TPSA) is 76.5 Å². The number of para-hydroxylation sites is 2. The van der Waals surface area contributed by atoms with E-state index in [0.717, 1.165) is 16.8 Å². The third-order valence-corrected chi connectivity index (χ3v) is 5.71. The van der Waals surface area contributed by atoms with Crippen LogP contribution in [0.4, 0.5) is 5.69 Å². The van der Waals surface area contributed by atoms with Crippen molar-refractivity contribution in [2.24, 2.45) is 0 Å². The summed E-state index contributed by atoms with van der Waals surface area (Å²) in [7, 11) is 1.60. The molecule has 8 heteroatoms. The van der Waals surface area contributed by atoms with Crippen LogP contribution in [0, 0.1) is 0 Å². The van der Waals surface area contributed by atoms with Gasteiger partial charge in [0.1, 0.15) is 12.3 Å². The van der Waals surface area contributed by atoms with Crippen LogP contribution in [0.25, 0.3) is 11.0 Å². The number of aromatic nitrogens is 2. The minimum atomic E-state index is -0.140. The van der Waals surface area contributed by atoms with Crippen molar-refractivity contribution in [3.8, 4) is 5.75 Å². The Morgan fingerprint density at radius 2 is 1.80 bits per heavy atom. The van der Waals surface area contributed by atoms with E-state index >= 15 is 0 Å². The fourth-order valence-electron chi connectivity index (χ4n) is 3.13. The summed E-state index contributed by atoms with van der Waals surface area (Å²) in [4.78, 5) is 31.5. The lowest BCUT2D eigenvalue weighted by molar-refractivity contribution is -0.131. The SMILES string of the molecule is CCN(CC)C(=O)Cn1c(SCC(=O)Nc2ccc(OC)cc2)nc2ccccc21. The van der Waals surface area contributed by atoms with Crippen LogP contribution in [0.3, 0.4) is 0 Å². The summed E-state index contributed by atoms with van der Waals surface area (Å²) in [5.41, 5.74) is 2.39. The van der Waals surface area contributed by atoms with Gasteiger partial charge < -0.3 is 19.5 Å². The zero-order valence-corrected chi connectivity index (χ0v) is 18.2. The Bertz CT molecular complexity index is 1010. The van der Waals surface area contributed by atoms with Crippen molar-refractivity contribution in [2.45, 2.75) is 25.5 Å². The number of hydrogen-bond acceptors (Lipinski definition) is 5. The van der Waals surface area contributed by atoms with Crippen LogP contribution in [0.5, 0.6) is 5.75 Å². The Kier molecular flexibility index (Phi) is 7.35. The number of methoxy groups -OCH3 is 1. The molecule has 0 fully saturated rings. The van der Waals surface area contributed by atoms with E-state index in [2.05, 4.69) is 10.3 Å². The molecule has 2 aromatic carbocycles. The minimum Gasteiger partial charge on any atom is -0.497 e. The molecule has 0 unspecified atom stereocenters. The van der Waals surface area contributed by atoms with Gasteiger partial charge in [-0.3, -0.25) is 9.59 Å². The number of benzene rings is 2. The van der Waals surface area contributed by atoms with Crippen LogP contribution in [0.2, 0.25) is 0 Å². The van der Waals surface area contributed by atoms with Crippen molar-refractivity contribution in [2.75, 3.05) is 31.3 Å². The molecule has 3 rings (SSSR count). The number of likely N-dealkylation sites (N-methyl/N-ethyl adjacent to an activating group) is 1. The fourth-order valence-corrected chi connectivity index (χ4v) is 3.94. The van der Waals surface area contributed by atoms with Gasteiger partial charge in [0.05, 0.1) is 23.9 Å². The number of imidazole rings is 1. The number of rotatable bonds is 9. The van der Waals surface area contributed by atoms with Gasteiger partial charge in [-0.1, -0.05) is 23.9 Å². The summed E-state index contributed by atoms with van der Waals surface area (Å²) in [6.07, 6.45) is 0. The Morgan fingerprint density at radius 1 is 1.10 bits per heavy atom. The predicted octanol–water partition coefficient (Wildman–Crippen LogP) is 3.64. The summed E-state index contributed by atoms with van der Waals surface area (Å²) in [6, 6.07) is 14.9. The van der Waals surface area contributed by atoms with Gasteiger partial charge in [-0.05, 0) is 50.2 Å². The van der Waals surface area contributed by atoms with Gasteiger partial charge in [0.2, 0.25) is 11.8 Å². The highest BCUT2D eigenvalue weighted by Crippen LogP contribution is 2.25. The van der Waals surface area contributed by atoms with Gasteiger partial charge in [-0.25, -0.2) is 4.98 Å². The molecule has 1 N–H and O–H groups in total. The zero-order valence-electron chi connectivity index (χ0n) is 17.4. The Balaban J connectivity index is 1.73. The molecule has 158 valence electrons. The molecule has 0 spiro atoms. The van der Waals surface area contributed by atoms with Crippen LogP contribution < -0.4 is 10.1 Å². The smallest absolute Gasteiger partial charge is 0.242 e. The maximum Gasteiger partial charge on any atom is 0.242 e. The van der Waals surface area contributed by atoms with Crippen LogP contribution >= 0.6 is 11.8 Å². The van der Waals surface area contributed by atoms with E-state index in [4.69, 9.17) is 4.74 Å². The number of amides is 2. The first-order valence-electron chi connectivity index (χ1n) is 9.85. The molecule has 0 atom stereocenters. The summed E-state index contributed by atoms with van der Waals surface area (Å²) in [6.45, 7) is 5.45. The molecule has 7 nitrogen and oxygen atoms in total. The number of ether oxygens (including phenoxy) is 1. The van der Waals surface area contributed by atoms with E-state index < -0.39 is 0 Å². The molecule has 0 aliphatic carbocycles. The molecule has 0 aliphatic rings. The largest absolute Gasteiger partial charge is 0.497 e. The van der Waals surface area contributed by atoms with Crippen molar-refractivity contribution in [1.29, 1.82) is 0 Å². The lowest BCUT2D eigenvalue weighted by Crippen LogP contribution is -2.33. The van der Waals surface area contributed by atoms with Gasteiger partial charge in [-0.2, -0.15) is 0 Å². The molecule has 0 aliphatic heterocycles. The fraction of sp³-hybridized carbons (Fsp3) is 0.318. The molecule has 0 saturated heterocycles. The first kappa shape index (κ1) is 21.7. The molecule has 1 heterocycles. The molecule has 2 amide bonds. The van der Waals surface area contributed by atoms with E-state index in [1.807, 2.05) is 42.7 Å². The molecular formula is C22H26N4O3S. The second-order valence-electron chi connectivity index (χ2n) is 6.60. The first-order valence-corrected chi connectivity index (χ1v) is 10.8. The number of nitrogens with zero attached hydrogens (tertiary/aromatic N) is 3. The average molecular weight is 427 g/mol. The lowest BCUT2D eigenvalue weighted by Gasteiger charge is -2.19. The van der Waals surface area contributed by atoms with Gasteiger partial charge in [-0.15, -0.1) is 0 Å². The maximum absolute atomic E-state index is 12.7. The van der Waals surface area contributed by atoms with Crippen molar-refractivity contribution < 1.29 is 14.3 Å². The summed E-state index contributed by atoms with van der Waals surface area (Å²) >= 11 is 1.32. The number of carbonyl (C=O) groups excluding carboxylic acids is 2. The quantitative estimate of drug-likeness (QED) is 0.529. The Labute approximate surface area is 180 Å². The summed E-state index contributed by atoms with van der Waals surface area (Å²) in [5, 5.41) is 3.52. The first-order chi connectivity index (χ1) is 14.5. The van der Waals surface area contributed by atoms with Gasteiger partial charge in [0.15, 0.2) is 5.16 Å². The van der Waals surface area contributed by atoms with Crippen LogP contribution in [-0.4, -0.2) is 52.2 Å². The van der Waals surface area contributed by atoms with Gasteiger partial charge in [0, 0.05) is 18.8 Å². The molecule has 0 saturated carbocycles. The lowest BCUT2D eigenvalue weighted by atomic mass is 10.3. The van der Waals surface area contributed by atoms with Crippen molar-refractivity contribution in [3.63, 3.8) is 0 Å². The summed E-state index contributed by atoms with van der Waals surface area (Å²) in [5.74, 6) is 0.815. The highest BCUT2D eigenvalue weighted by molar-refractivity contribution is 7.99. The van der Waals surface area contributed by atoms with Gasteiger partial charge >= 0.3 is 0 Å². The normalized spacial score (nSPS) is 10.8. The molecule has 1 aromatic heterocycles. The monoisotopic (exact) mass is 426 g/mol. The van der Waals surface area contributed by atoms with E-state index in [1.165, 1.54) is 11.8 Å². The molecule has 3 aromatic rings. The summed E-state index contributed by atoms with van der Waals surface area (Å²) < 4.78 is 7.02. The third-order valence-electron chi connectivity index (χ3n) is 4.74. The highest BCUT2D eigenvalue weighted by Gasteiger charge is 2.18. The second-order valence-corrected chi connectivity index (χ2v) is 7.54. The number of fused-ring (bicyclic) bond motifs is 1. The van der Waals surface area contributed by atoms with Crippen molar-refractivity contribution in [3.05, 3.63) is 48.5 Å². The van der Waals surface area contributed by atoms with Crippen molar-refractivity contribution in [1.82, 2.24) is 14.5 Å². The van der Waals surface area contributed by atoms with Gasteiger partial charge in [0.25, 0.3) is 0 Å². The Hall–Kier alpha value is -3.00. The molecule has 30 heavy (non-hydrogen) atoms. The average Bonchev–Trinajstić information content (AvgIpc) is 3.11. The zero-order chi connectivity index (χ0) is 21.5. The predicted molar refractivity (Wildman–Crippen MR) is 120 cm³/mol. The van der Waals surface area contributed by atoms with E-state index in [1.54, 1.807) is 36.3 Å². The molecule has 0 radical (unpaired) electrons. The standard InChI is InChI=1S/C22H26N4O3S/c1-4-25(5-2)21(28)14-26-19-9-7-6-8-18(19)24-22(26)30-15-20(27)23-16-10-12-17(29-3)13-11-16/h6-13H,4-5,14-15H2,1-3H3,(H,23,27). The van der Waals surface area contributed by atoms with Crippen molar-refractivity contribution >= 4 is 40.3 Å². The van der Waals surface area contributed by atoms with E-state index in [9.17, 15) is 9.59 Å². The molecule has 0 bridgehead atoms. The number of thioether (sulfide) groups is 1. The van der Waals surface area contributed by atoms with E-state index in [0.29, 0.717) is 23.9 Å². The minimum absolute atomic E-state index is 0.0349. The number of anilines is 1. The third kappa shape index (κ3) is 5.13.